The van der Waals surface area contributed by atoms with Crippen molar-refractivity contribution >= 4 is 11.6 Å². The second-order valence-electron chi connectivity index (χ2n) is 4.68. The Hall–Kier alpha value is -0.540. The molecule has 4 heteroatoms. The van der Waals surface area contributed by atoms with Gasteiger partial charge in [0.1, 0.15) is 0 Å². The number of hydrogen-bond acceptors (Lipinski definition) is 2. The van der Waals surface area contributed by atoms with Gasteiger partial charge in [-0.15, -0.1) is 0 Å². The summed E-state index contributed by atoms with van der Waals surface area (Å²) >= 11 is 6.19. The second-order valence-corrected chi connectivity index (χ2v) is 5.09. The number of halogens is 1. The van der Waals surface area contributed by atoms with Crippen molar-refractivity contribution in [3.63, 3.8) is 0 Å². The third-order valence-electron chi connectivity index (χ3n) is 3.05. The quantitative estimate of drug-likeness (QED) is 0.811. The van der Waals surface area contributed by atoms with E-state index < -0.39 is 0 Å². The van der Waals surface area contributed by atoms with E-state index in [2.05, 4.69) is 38.1 Å². The molecule has 0 radical (unpaired) electrons. The van der Waals surface area contributed by atoms with Crippen molar-refractivity contribution in [1.82, 2.24) is 15.1 Å². The van der Waals surface area contributed by atoms with E-state index in [-0.39, 0.29) is 0 Å². The van der Waals surface area contributed by atoms with E-state index >= 15 is 0 Å². The summed E-state index contributed by atoms with van der Waals surface area (Å²) in [4.78, 5) is 0. The van der Waals surface area contributed by atoms with Gasteiger partial charge in [0, 0.05) is 12.1 Å². The highest BCUT2D eigenvalue weighted by Gasteiger charge is 2.13. The molecule has 0 amide bonds. The molecule has 0 saturated heterocycles. The smallest absolute Gasteiger partial charge is 0.0817 e. The minimum atomic E-state index is 0.372. The molecule has 0 aliphatic carbocycles. The molecule has 1 unspecified atom stereocenters. The summed E-state index contributed by atoms with van der Waals surface area (Å²) in [6.07, 6.45) is 5.01. The number of hydrogen-bond donors (Lipinski definition) is 1. The normalized spacial score (nSPS) is 13.3. The summed E-state index contributed by atoms with van der Waals surface area (Å²) in [6.45, 7) is 9.65. The van der Waals surface area contributed by atoms with Gasteiger partial charge in [-0.3, -0.25) is 4.68 Å². The molecule has 17 heavy (non-hydrogen) atoms. The van der Waals surface area contributed by atoms with Crippen LogP contribution in [0.25, 0.3) is 0 Å². The number of nitrogens with one attached hydrogen (secondary N) is 1. The maximum Gasteiger partial charge on any atom is 0.0817 e. The highest BCUT2D eigenvalue weighted by Crippen LogP contribution is 2.21. The predicted molar refractivity (Wildman–Crippen MR) is 73.7 cm³/mol. The van der Waals surface area contributed by atoms with Crippen LogP contribution in [0.4, 0.5) is 0 Å². The summed E-state index contributed by atoms with van der Waals surface area (Å²) in [7, 11) is 0. The minimum Gasteiger partial charge on any atom is -0.314 e. The monoisotopic (exact) mass is 257 g/mol. The highest BCUT2D eigenvalue weighted by molar-refractivity contribution is 6.31. The van der Waals surface area contributed by atoms with Crippen molar-refractivity contribution in [3.05, 3.63) is 16.9 Å². The zero-order chi connectivity index (χ0) is 12.8. The Morgan fingerprint density at radius 3 is 2.65 bits per heavy atom. The van der Waals surface area contributed by atoms with Crippen LogP contribution in [0.2, 0.25) is 5.02 Å². The van der Waals surface area contributed by atoms with E-state index in [1.807, 2.05) is 4.68 Å². The molecule has 1 heterocycles. The number of aromatic nitrogens is 2. The van der Waals surface area contributed by atoms with Crippen molar-refractivity contribution in [2.45, 2.75) is 59.0 Å². The topological polar surface area (TPSA) is 29.9 Å². The van der Waals surface area contributed by atoms with Gasteiger partial charge in [0.05, 0.1) is 16.9 Å². The molecule has 0 spiro atoms. The van der Waals surface area contributed by atoms with E-state index in [1.165, 1.54) is 0 Å². The zero-order valence-electron chi connectivity index (χ0n) is 11.3. The summed E-state index contributed by atoms with van der Waals surface area (Å²) in [6, 6.07) is 0.947. The third kappa shape index (κ3) is 4.00. The molecule has 0 saturated carbocycles. The van der Waals surface area contributed by atoms with Crippen LogP contribution in [0.5, 0.6) is 0 Å². The van der Waals surface area contributed by atoms with Gasteiger partial charge in [0.15, 0.2) is 0 Å². The van der Waals surface area contributed by atoms with Crippen molar-refractivity contribution in [1.29, 1.82) is 0 Å². The fourth-order valence-electron chi connectivity index (χ4n) is 2.10. The largest absolute Gasteiger partial charge is 0.314 e. The number of nitrogens with zero attached hydrogens (tertiary/aromatic N) is 2. The summed E-state index contributed by atoms with van der Waals surface area (Å²) in [5, 5.41) is 8.62. The van der Waals surface area contributed by atoms with Gasteiger partial charge in [-0.25, -0.2) is 0 Å². The molecule has 1 rings (SSSR count). The van der Waals surface area contributed by atoms with E-state index in [0.29, 0.717) is 12.1 Å². The first-order chi connectivity index (χ1) is 8.10. The Labute approximate surface area is 110 Å². The fraction of sp³-hybridized carbons (Fsp3) is 0.769. The van der Waals surface area contributed by atoms with Crippen LogP contribution in [0.1, 0.15) is 52.3 Å². The molecule has 1 aromatic rings. The van der Waals surface area contributed by atoms with Crippen molar-refractivity contribution in [2.24, 2.45) is 0 Å². The molecule has 98 valence electrons. The van der Waals surface area contributed by atoms with Gasteiger partial charge < -0.3 is 5.32 Å². The first-order valence-corrected chi connectivity index (χ1v) is 6.93. The predicted octanol–water partition coefficient (Wildman–Crippen LogP) is 3.44. The van der Waals surface area contributed by atoms with Crippen molar-refractivity contribution in [3.8, 4) is 0 Å². The third-order valence-corrected chi connectivity index (χ3v) is 3.37. The Bertz CT molecular complexity index is 333. The number of rotatable bonds is 7. The summed E-state index contributed by atoms with van der Waals surface area (Å²) < 4.78 is 2.03. The van der Waals surface area contributed by atoms with E-state index in [9.17, 15) is 0 Å². The van der Waals surface area contributed by atoms with Crippen LogP contribution in [0.15, 0.2) is 6.20 Å². The van der Waals surface area contributed by atoms with Gasteiger partial charge in [-0.2, -0.15) is 5.10 Å². The molecule has 1 atom stereocenters. The lowest BCUT2D eigenvalue weighted by Gasteiger charge is -2.17. The Morgan fingerprint density at radius 1 is 1.41 bits per heavy atom. The lowest BCUT2D eigenvalue weighted by Crippen LogP contribution is -2.28. The summed E-state index contributed by atoms with van der Waals surface area (Å²) in [5.41, 5.74) is 1.16. The van der Waals surface area contributed by atoms with Crippen LogP contribution in [-0.2, 0) is 6.42 Å². The zero-order valence-corrected chi connectivity index (χ0v) is 12.1. The van der Waals surface area contributed by atoms with Gasteiger partial charge >= 0.3 is 0 Å². The average Bonchev–Trinajstić information content (AvgIpc) is 2.66. The van der Waals surface area contributed by atoms with E-state index in [4.69, 9.17) is 11.6 Å². The SMILES string of the molecule is CCNC(CC)CCc1c(Cl)cnn1C(C)C. The molecule has 0 bridgehead atoms. The molecule has 0 aromatic carbocycles. The van der Waals surface area contributed by atoms with Crippen molar-refractivity contribution < 1.29 is 0 Å². The molecule has 0 aliphatic rings. The van der Waals surface area contributed by atoms with Crippen molar-refractivity contribution in [2.75, 3.05) is 6.54 Å². The van der Waals surface area contributed by atoms with Crippen LogP contribution in [-0.4, -0.2) is 22.4 Å². The first-order valence-electron chi connectivity index (χ1n) is 6.55. The lowest BCUT2D eigenvalue weighted by atomic mass is 10.1. The first kappa shape index (κ1) is 14.5. The van der Waals surface area contributed by atoms with Crippen LogP contribution >= 0.6 is 11.6 Å². The molecular weight excluding hydrogens is 234 g/mol. The molecular formula is C13H24ClN3. The molecule has 3 nitrogen and oxygen atoms in total. The van der Waals surface area contributed by atoms with E-state index in [1.54, 1.807) is 6.20 Å². The van der Waals surface area contributed by atoms with Crippen LogP contribution in [0, 0.1) is 0 Å². The second kappa shape index (κ2) is 7.02. The lowest BCUT2D eigenvalue weighted by molar-refractivity contribution is 0.456. The average molecular weight is 258 g/mol. The Morgan fingerprint density at radius 2 is 2.12 bits per heavy atom. The summed E-state index contributed by atoms with van der Waals surface area (Å²) in [5.74, 6) is 0. The van der Waals surface area contributed by atoms with E-state index in [0.717, 1.165) is 36.5 Å². The molecule has 1 aromatic heterocycles. The fourth-order valence-corrected chi connectivity index (χ4v) is 2.32. The Balaban J connectivity index is 2.64. The molecule has 1 N–H and O–H groups in total. The van der Waals surface area contributed by atoms with Gasteiger partial charge in [0.2, 0.25) is 0 Å². The molecule has 0 aliphatic heterocycles. The maximum atomic E-state index is 6.19. The standard InChI is InChI=1S/C13H24ClN3/c1-5-11(15-6-2)7-8-13-12(14)9-16-17(13)10(3)4/h9-11,15H,5-8H2,1-4H3. The van der Waals surface area contributed by atoms with Gasteiger partial charge in [-0.1, -0.05) is 25.4 Å². The Kier molecular flexibility index (Phi) is 6.00. The molecule has 0 fully saturated rings. The van der Waals surface area contributed by atoms with Crippen LogP contribution in [0.3, 0.4) is 0 Å². The van der Waals surface area contributed by atoms with Gasteiger partial charge in [-0.05, 0) is 39.7 Å². The van der Waals surface area contributed by atoms with Crippen LogP contribution < -0.4 is 5.32 Å². The minimum absolute atomic E-state index is 0.372. The maximum absolute atomic E-state index is 6.19. The highest BCUT2D eigenvalue weighted by atomic mass is 35.5. The van der Waals surface area contributed by atoms with Gasteiger partial charge in [0.25, 0.3) is 0 Å².